The van der Waals surface area contributed by atoms with Crippen molar-refractivity contribution in [2.24, 2.45) is 0 Å². The lowest BCUT2D eigenvalue weighted by atomic mass is 10.1. The quantitative estimate of drug-likeness (QED) is 0.597. The Morgan fingerprint density at radius 2 is 2.00 bits per heavy atom. The van der Waals surface area contributed by atoms with Crippen molar-refractivity contribution in [3.05, 3.63) is 35.4 Å². The van der Waals surface area contributed by atoms with Crippen molar-refractivity contribution in [1.82, 2.24) is 5.32 Å². The van der Waals surface area contributed by atoms with Crippen LogP contribution in [0.5, 0.6) is 0 Å². The Labute approximate surface area is 117 Å². The van der Waals surface area contributed by atoms with Gasteiger partial charge in [0.1, 0.15) is 6.04 Å². The molecule has 1 aromatic carbocycles. The van der Waals surface area contributed by atoms with Gasteiger partial charge in [-0.1, -0.05) is 18.2 Å². The molecule has 0 fully saturated rings. The Bertz CT molecular complexity index is 448. The molecule has 2 N–H and O–H groups in total. The van der Waals surface area contributed by atoms with Crippen molar-refractivity contribution in [3.63, 3.8) is 0 Å². The Kier molecular flexibility index (Phi) is 6.36. The van der Waals surface area contributed by atoms with Crippen molar-refractivity contribution in [2.75, 3.05) is 5.88 Å². The topological polar surface area (TPSA) is 66.4 Å². The lowest BCUT2D eigenvalue weighted by molar-refractivity contribution is -0.139. The number of carboxylic acid groups (broad SMARTS) is 1. The van der Waals surface area contributed by atoms with E-state index < -0.39 is 12.0 Å². The summed E-state index contributed by atoms with van der Waals surface area (Å²) < 4.78 is 0. The highest BCUT2D eigenvalue weighted by molar-refractivity contribution is 6.17. The summed E-state index contributed by atoms with van der Waals surface area (Å²) in [5.74, 6) is -0.870. The highest BCUT2D eigenvalue weighted by atomic mass is 35.5. The minimum Gasteiger partial charge on any atom is -0.480 e. The van der Waals surface area contributed by atoms with Gasteiger partial charge in [0.15, 0.2) is 0 Å². The highest BCUT2D eigenvalue weighted by Gasteiger charge is 2.20. The molecule has 0 spiro atoms. The lowest BCUT2D eigenvalue weighted by Crippen LogP contribution is -2.41. The summed E-state index contributed by atoms with van der Waals surface area (Å²) in [5.41, 5.74) is 1.33. The third-order valence-corrected chi connectivity index (χ3v) is 3.14. The van der Waals surface area contributed by atoms with E-state index in [0.29, 0.717) is 24.3 Å². The number of carbonyl (C=O) groups excluding carboxylic acids is 1. The number of amides is 1. The van der Waals surface area contributed by atoms with Gasteiger partial charge >= 0.3 is 5.97 Å². The number of alkyl halides is 1. The molecular weight excluding hydrogens is 266 g/mol. The highest BCUT2D eigenvalue weighted by Crippen LogP contribution is 2.09. The molecule has 1 unspecified atom stereocenters. The first-order valence-corrected chi connectivity index (χ1v) is 6.75. The molecule has 0 saturated heterocycles. The molecule has 19 heavy (non-hydrogen) atoms. The number of carboxylic acids is 1. The number of carbonyl (C=O) groups is 2. The number of rotatable bonds is 7. The zero-order valence-corrected chi connectivity index (χ0v) is 11.6. The molecule has 104 valence electrons. The number of nitrogens with one attached hydrogen (secondary N) is 1. The van der Waals surface area contributed by atoms with Crippen LogP contribution < -0.4 is 5.32 Å². The van der Waals surface area contributed by atoms with Gasteiger partial charge in [0, 0.05) is 11.4 Å². The predicted molar refractivity (Wildman–Crippen MR) is 74.6 cm³/mol. The monoisotopic (exact) mass is 283 g/mol. The van der Waals surface area contributed by atoms with Gasteiger partial charge in [-0.25, -0.2) is 4.79 Å². The standard InChI is InChI=1S/C14H18ClNO3/c1-10-6-2-3-7-11(10)13(17)16-12(14(18)19)8-4-5-9-15/h2-3,6-7,12H,4-5,8-9H2,1H3,(H,16,17)(H,18,19). The average Bonchev–Trinajstić information content (AvgIpc) is 2.38. The van der Waals surface area contributed by atoms with E-state index in [-0.39, 0.29) is 5.91 Å². The van der Waals surface area contributed by atoms with Gasteiger partial charge in [-0.15, -0.1) is 11.6 Å². The third kappa shape index (κ3) is 4.91. The van der Waals surface area contributed by atoms with E-state index in [9.17, 15) is 9.59 Å². The zero-order chi connectivity index (χ0) is 14.3. The first-order chi connectivity index (χ1) is 9.06. The fourth-order valence-corrected chi connectivity index (χ4v) is 1.95. The minimum absolute atomic E-state index is 0.351. The van der Waals surface area contributed by atoms with Crippen LogP contribution in [0.2, 0.25) is 0 Å². The van der Waals surface area contributed by atoms with E-state index in [2.05, 4.69) is 5.32 Å². The first-order valence-electron chi connectivity index (χ1n) is 6.21. The Morgan fingerprint density at radius 1 is 1.32 bits per heavy atom. The molecule has 5 heteroatoms. The second kappa shape index (κ2) is 7.79. The van der Waals surface area contributed by atoms with Crippen molar-refractivity contribution in [3.8, 4) is 0 Å². The van der Waals surface area contributed by atoms with E-state index >= 15 is 0 Å². The van der Waals surface area contributed by atoms with E-state index in [4.69, 9.17) is 16.7 Å². The van der Waals surface area contributed by atoms with Gasteiger partial charge in [0.05, 0.1) is 0 Å². The number of aryl methyl sites for hydroxylation is 1. The number of unbranched alkanes of at least 4 members (excludes halogenated alkanes) is 1. The average molecular weight is 284 g/mol. The number of benzene rings is 1. The molecule has 4 nitrogen and oxygen atoms in total. The van der Waals surface area contributed by atoms with Crippen LogP contribution in [0.3, 0.4) is 0 Å². The molecule has 0 aliphatic heterocycles. The summed E-state index contributed by atoms with van der Waals surface area (Å²) >= 11 is 5.55. The number of hydrogen-bond donors (Lipinski definition) is 2. The van der Waals surface area contributed by atoms with Crippen LogP contribution in [0.15, 0.2) is 24.3 Å². The fraction of sp³-hybridized carbons (Fsp3) is 0.429. The van der Waals surface area contributed by atoms with Crippen LogP contribution in [0, 0.1) is 6.92 Å². The molecule has 1 atom stereocenters. The summed E-state index contributed by atoms with van der Waals surface area (Å²) in [4.78, 5) is 23.1. The molecule has 0 aliphatic carbocycles. The second-order valence-corrected chi connectivity index (χ2v) is 4.74. The van der Waals surface area contributed by atoms with Crippen LogP contribution in [0.1, 0.15) is 35.2 Å². The van der Waals surface area contributed by atoms with E-state index in [1.165, 1.54) is 0 Å². The largest absolute Gasteiger partial charge is 0.480 e. The maximum absolute atomic E-state index is 12.0. The molecule has 0 saturated carbocycles. The van der Waals surface area contributed by atoms with Gasteiger partial charge in [-0.3, -0.25) is 4.79 Å². The van der Waals surface area contributed by atoms with Gasteiger partial charge in [-0.05, 0) is 37.8 Å². The van der Waals surface area contributed by atoms with Crippen LogP contribution in [0.25, 0.3) is 0 Å². The van der Waals surface area contributed by atoms with Crippen LogP contribution in [-0.4, -0.2) is 28.9 Å². The summed E-state index contributed by atoms with van der Waals surface area (Å²) in [5, 5.41) is 11.6. The van der Waals surface area contributed by atoms with Crippen molar-refractivity contribution in [1.29, 1.82) is 0 Å². The SMILES string of the molecule is Cc1ccccc1C(=O)NC(CCCCCl)C(=O)O. The van der Waals surface area contributed by atoms with Crippen LogP contribution in [0.4, 0.5) is 0 Å². The Hall–Kier alpha value is -1.55. The number of halogens is 1. The molecule has 1 amide bonds. The van der Waals surface area contributed by atoms with Gasteiger partial charge < -0.3 is 10.4 Å². The van der Waals surface area contributed by atoms with Crippen LogP contribution >= 0.6 is 11.6 Å². The summed E-state index contributed by atoms with van der Waals surface area (Å²) in [6.45, 7) is 1.82. The van der Waals surface area contributed by atoms with Gasteiger partial charge in [-0.2, -0.15) is 0 Å². The van der Waals surface area contributed by atoms with Crippen molar-refractivity contribution in [2.45, 2.75) is 32.2 Å². The molecule has 1 aromatic rings. The Balaban J connectivity index is 2.66. The maximum Gasteiger partial charge on any atom is 0.326 e. The molecule has 1 rings (SSSR count). The molecule has 0 heterocycles. The first kappa shape index (κ1) is 15.5. The Morgan fingerprint density at radius 3 is 2.58 bits per heavy atom. The molecule has 0 radical (unpaired) electrons. The van der Waals surface area contributed by atoms with E-state index in [1.54, 1.807) is 12.1 Å². The lowest BCUT2D eigenvalue weighted by Gasteiger charge is -2.15. The summed E-state index contributed by atoms with van der Waals surface area (Å²) in [6.07, 6.45) is 1.81. The predicted octanol–water partition coefficient (Wildman–Crippen LogP) is 2.59. The van der Waals surface area contributed by atoms with Crippen LogP contribution in [-0.2, 0) is 4.79 Å². The fourth-order valence-electron chi connectivity index (χ4n) is 1.76. The van der Waals surface area contributed by atoms with E-state index in [0.717, 1.165) is 12.0 Å². The summed E-state index contributed by atoms with van der Waals surface area (Å²) in [6, 6.07) is 6.22. The molecular formula is C14H18ClNO3. The second-order valence-electron chi connectivity index (χ2n) is 4.36. The van der Waals surface area contributed by atoms with Crippen molar-refractivity contribution < 1.29 is 14.7 Å². The smallest absolute Gasteiger partial charge is 0.326 e. The molecule has 0 aromatic heterocycles. The normalized spacial score (nSPS) is 11.9. The number of aliphatic carboxylic acids is 1. The van der Waals surface area contributed by atoms with E-state index in [1.807, 2.05) is 19.1 Å². The molecule has 0 bridgehead atoms. The van der Waals surface area contributed by atoms with Gasteiger partial charge in [0.2, 0.25) is 0 Å². The summed E-state index contributed by atoms with van der Waals surface area (Å²) in [7, 11) is 0. The number of hydrogen-bond acceptors (Lipinski definition) is 2. The third-order valence-electron chi connectivity index (χ3n) is 2.87. The van der Waals surface area contributed by atoms with Gasteiger partial charge in [0.25, 0.3) is 5.91 Å². The zero-order valence-electron chi connectivity index (χ0n) is 10.9. The molecule has 0 aliphatic rings. The minimum atomic E-state index is -1.02. The van der Waals surface area contributed by atoms with Crippen molar-refractivity contribution >= 4 is 23.5 Å². The maximum atomic E-state index is 12.0.